The Kier molecular flexibility index (Phi) is 4.23. The van der Waals surface area contributed by atoms with Gasteiger partial charge in [0, 0.05) is 22.5 Å². The maximum Gasteiger partial charge on any atom is 0.398 e. The van der Waals surface area contributed by atoms with Gasteiger partial charge in [0.2, 0.25) is 0 Å². The SMILES string of the molecule is O=c1[nH][nH][n+](O)c1CCCCCCc1c(=O)[nH][nH][n+]1O. The number of aromatic amines is 4. The van der Waals surface area contributed by atoms with Gasteiger partial charge in [-0.1, -0.05) is 23.3 Å². The van der Waals surface area contributed by atoms with Gasteiger partial charge < -0.3 is 10.4 Å². The van der Waals surface area contributed by atoms with E-state index in [9.17, 15) is 20.0 Å². The zero-order valence-electron chi connectivity index (χ0n) is 10.8. The maximum atomic E-state index is 11.3. The summed E-state index contributed by atoms with van der Waals surface area (Å²) in [5, 5.41) is 27.7. The van der Waals surface area contributed by atoms with Crippen LogP contribution in [0.25, 0.3) is 0 Å². The fourth-order valence-corrected chi connectivity index (χ4v) is 2.06. The minimum absolute atomic E-state index is 0.292. The molecule has 0 aliphatic heterocycles. The van der Waals surface area contributed by atoms with Crippen LogP contribution in [0.15, 0.2) is 9.59 Å². The van der Waals surface area contributed by atoms with Gasteiger partial charge in [0.25, 0.3) is 11.4 Å². The van der Waals surface area contributed by atoms with Gasteiger partial charge in [0.1, 0.15) is 0 Å². The zero-order chi connectivity index (χ0) is 14.5. The first-order valence-electron chi connectivity index (χ1n) is 6.41. The molecule has 0 aliphatic rings. The molecule has 0 aromatic carbocycles. The lowest BCUT2D eigenvalue weighted by Crippen LogP contribution is -2.38. The Morgan fingerprint density at radius 3 is 1.45 bits per heavy atom. The monoisotopic (exact) mass is 286 g/mol. The molecule has 0 radical (unpaired) electrons. The lowest BCUT2D eigenvalue weighted by atomic mass is 10.1. The van der Waals surface area contributed by atoms with Gasteiger partial charge in [-0.2, -0.15) is 0 Å². The number of nitrogens with zero attached hydrogens (tertiary/aromatic N) is 2. The molecule has 0 fully saturated rings. The van der Waals surface area contributed by atoms with E-state index in [1.807, 2.05) is 0 Å². The Hall–Kier alpha value is -2.52. The molecular weight excluding hydrogens is 268 g/mol. The molecule has 0 unspecified atom stereocenters. The van der Waals surface area contributed by atoms with E-state index in [0.29, 0.717) is 33.9 Å². The van der Waals surface area contributed by atoms with Gasteiger partial charge in [-0.25, -0.2) is 9.59 Å². The van der Waals surface area contributed by atoms with Crippen molar-refractivity contribution < 1.29 is 20.1 Å². The molecule has 0 amide bonds. The van der Waals surface area contributed by atoms with Crippen LogP contribution in [0.3, 0.4) is 0 Å². The largest absolute Gasteiger partial charge is 0.398 e. The number of H-pyrrole nitrogens is 4. The summed E-state index contributed by atoms with van der Waals surface area (Å²) in [6.07, 6.45) is 4.17. The van der Waals surface area contributed by atoms with Gasteiger partial charge in [0.05, 0.1) is 0 Å². The number of hydrogen-bond donors (Lipinski definition) is 6. The molecule has 10 nitrogen and oxygen atoms in total. The summed E-state index contributed by atoms with van der Waals surface area (Å²) in [5.41, 5.74) is -0.0686. The van der Waals surface area contributed by atoms with Crippen LogP contribution in [0.5, 0.6) is 0 Å². The Balaban J connectivity index is 1.68. The molecule has 2 aromatic heterocycles. The molecule has 110 valence electrons. The summed E-state index contributed by atoms with van der Waals surface area (Å²) in [4.78, 5) is 23.9. The Bertz CT molecular complexity index is 608. The van der Waals surface area contributed by atoms with Gasteiger partial charge >= 0.3 is 11.1 Å². The van der Waals surface area contributed by atoms with E-state index in [2.05, 4.69) is 20.6 Å². The molecule has 0 atom stereocenters. The van der Waals surface area contributed by atoms with Crippen LogP contribution in [-0.4, -0.2) is 31.0 Å². The molecule has 0 bridgehead atoms. The minimum Gasteiger partial charge on any atom is -0.331 e. The van der Waals surface area contributed by atoms with Crippen LogP contribution < -0.4 is 20.8 Å². The first-order chi connectivity index (χ1) is 9.59. The number of aromatic nitrogens is 6. The Morgan fingerprint density at radius 1 is 0.750 bits per heavy atom. The normalized spacial score (nSPS) is 11.0. The van der Waals surface area contributed by atoms with Crippen LogP contribution in [0.4, 0.5) is 0 Å². The summed E-state index contributed by atoms with van der Waals surface area (Å²) in [6, 6.07) is 0. The molecule has 0 spiro atoms. The van der Waals surface area contributed by atoms with E-state index in [4.69, 9.17) is 0 Å². The predicted octanol–water partition coefficient (Wildman–Crippen LogP) is -1.89. The van der Waals surface area contributed by atoms with Crippen molar-refractivity contribution in [2.24, 2.45) is 0 Å². The Morgan fingerprint density at radius 2 is 1.15 bits per heavy atom. The second kappa shape index (κ2) is 6.08. The van der Waals surface area contributed by atoms with Crippen molar-refractivity contribution in [3.63, 3.8) is 0 Å². The molecule has 0 saturated carbocycles. The van der Waals surface area contributed by atoms with E-state index in [-0.39, 0.29) is 11.1 Å². The van der Waals surface area contributed by atoms with E-state index in [1.165, 1.54) is 0 Å². The van der Waals surface area contributed by atoms with E-state index >= 15 is 0 Å². The van der Waals surface area contributed by atoms with Crippen molar-refractivity contribution in [1.29, 1.82) is 0 Å². The average Bonchev–Trinajstić information content (AvgIpc) is 2.90. The highest BCUT2D eigenvalue weighted by atomic mass is 16.5. The zero-order valence-corrected chi connectivity index (χ0v) is 10.8. The van der Waals surface area contributed by atoms with Crippen LogP contribution in [-0.2, 0) is 12.8 Å². The van der Waals surface area contributed by atoms with E-state index in [1.54, 1.807) is 0 Å². The van der Waals surface area contributed by atoms with Gasteiger partial charge in [0.15, 0.2) is 0 Å². The third-order valence-electron chi connectivity index (χ3n) is 3.16. The second-order valence-electron chi connectivity index (χ2n) is 4.56. The van der Waals surface area contributed by atoms with Crippen molar-refractivity contribution in [2.75, 3.05) is 0 Å². The average molecular weight is 286 g/mol. The quantitative estimate of drug-likeness (QED) is 0.201. The van der Waals surface area contributed by atoms with Crippen LogP contribution in [0.1, 0.15) is 37.1 Å². The lowest BCUT2D eigenvalue weighted by Gasteiger charge is -1.97. The van der Waals surface area contributed by atoms with Crippen LogP contribution in [0.2, 0.25) is 0 Å². The van der Waals surface area contributed by atoms with Crippen molar-refractivity contribution in [1.82, 2.24) is 20.6 Å². The minimum atomic E-state index is -0.326. The van der Waals surface area contributed by atoms with Crippen molar-refractivity contribution >= 4 is 0 Å². The summed E-state index contributed by atoms with van der Waals surface area (Å²) in [7, 11) is 0. The predicted molar refractivity (Wildman–Crippen MR) is 63.5 cm³/mol. The summed E-state index contributed by atoms with van der Waals surface area (Å²) in [5.74, 6) is 0. The number of nitrogens with one attached hydrogen (secondary N) is 4. The first kappa shape index (κ1) is 13.9. The third-order valence-corrected chi connectivity index (χ3v) is 3.16. The lowest BCUT2D eigenvalue weighted by molar-refractivity contribution is -0.953. The molecule has 2 rings (SSSR count). The summed E-state index contributed by atoms with van der Waals surface area (Å²) in [6.45, 7) is 0. The smallest absolute Gasteiger partial charge is 0.331 e. The molecule has 0 saturated heterocycles. The highest BCUT2D eigenvalue weighted by molar-refractivity contribution is 4.86. The van der Waals surface area contributed by atoms with Gasteiger partial charge in [-0.05, 0) is 12.8 Å². The second-order valence-corrected chi connectivity index (χ2v) is 4.56. The highest BCUT2D eigenvalue weighted by Crippen LogP contribution is 2.04. The molecule has 10 heteroatoms. The van der Waals surface area contributed by atoms with Crippen molar-refractivity contribution in [3.05, 3.63) is 32.1 Å². The van der Waals surface area contributed by atoms with Crippen molar-refractivity contribution in [3.8, 4) is 0 Å². The fourth-order valence-electron chi connectivity index (χ4n) is 2.06. The summed E-state index contributed by atoms with van der Waals surface area (Å²) >= 11 is 0. The van der Waals surface area contributed by atoms with E-state index in [0.717, 1.165) is 25.7 Å². The highest BCUT2D eigenvalue weighted by Gasteiger charge is 2.16. The molecule has 2 aromatic rings. The molecule has 2 heterocycles. The fraction of sp³-hybridized carbons (Fsp3) is 0.600. The topological polar surface area (TPSA) is 146 Å². The van der Waals surface area contributed by atoms with Gasteiger partial charge in [-0.3, -0.25) is 0 Å². The molecule has 6 N–H and O–H groups in total. The number of unbranched alkanes of at least 4 members (excludes halogenated alkanes) is 3. The number of rotatable bonds is 7. The number of hydrogen-bond acceptors (Lipinski definition) is 4. The Labute approximate surface area is 112 Å². The van der Waals surface area contributed by atoms with Crippen LogP contribution in [0, 0.1) is 0 Å². The summed E-state index contributed by atoms with van der Waals surface area (Å²) < 4.78 is 0. The van der Waals surface area contributed by atoms with Crippen molar-refractivity contribution in [2.45, 2.75) is 38.5 Å². The molecule has 0 aliphatic carbocycles. The van der Waals surface area contributed by atoms with Gasteiger partial charge in [-0.15, -0.1) is 10.2 Å². The molecule has 20 heavy (non-hydrogen) atoms. The molecular formula is C10H18N6O4+2. The standard InChI is InChI=1S/C10H16N6O4/c17-9-7(15(19)13-11-9)5-3-1-2-4-6-8-10(18)12-14-16(8)20/h17-20H,1-6H2/p+2. The van der Waals surface area contributed by atoms with Crippen LogP contribution >= 0.6 is 0 Å². The van der Waals surface area contributed by atoms with E-state index < -0.39 is 0 Å². The maximum absolute atomic E-state index is 11.3. The first-order valence-corrected chi connectivity index (χ1v) is 6.41. The third kappa shape index (κ3) is 3.08.